The number of hydrogen-bond acceptors (Lipinski definition) is 4. The number of aromatic nitrogens is 4. The highest BCUT2D eigenvalue weighted by atomic mass is 16.2. The number of anilines is 1. The number of fused-ring (bicyclic) bond motifs is 1. The number of H-pyrrole nitrogens is 1. The van der Waals surface area contributed by atoms with Crippen molar-refractivity contribution in [3.63, 3.8) is 0 Å². The maximum Gasteiger partial charge on any atom is 0.329 e. The van der Waals surface area contributed by atoms with Gasteiger partial charge in [0, 0.05) is 19.6 Å². The molecular weight excluding hydrogens is 330 g/mol. The fourth-order valence-electron chi connectivity index (χ4n) is 3.75. The first-order valence-corrected chi connectivity index (χ1v) is 9.06. The third-order valence-electron chi connectivity index (χ3n) is 5.23. The van der Waals surface area contributed by atoms with E-state index in [1.54, 1.807) is 7.05 Å². The highest BCUT2D eigenvalue weighted by molar-refractivity contribution is 5.74. The fraction of sp³-hybridized carbons (Fsp3) is 0.421. The lowest BCUT2D eigenvalue weighted by molar-refractivity contribution is 0.472. The van der Waals surface area contributed by atoms with Crippen molar-refractivity contribution < 1.29 is 0 Å². The molecule has 2 aromatic heterocycles. The van der Waals surface area contributed by atoms with Crippen LogP contribution in [-0.4, -0.2) is 31.7 Å². The molecule has 7 nitrogen and oxygen atoms in total. The first kappa shape index (κ1) is 16.6. The van der Waals surface area contributed by atoms with Gasteiger partial charge in [-0.05, 0) is 31.7 Å². The Kier molecular flexibility index (Phi) is 4.14. The fourth-order valence-corrected chi connectivity index (χ4v) is 3.75. The van der Waals surface area contributed by atoms with Crippen LogP contribution in [0.3, 0.4) is 0 Å². The first-order valence-electron chi connectivity index (χ1n) is 9.06. The molecule has 7 heteroatoms. The Hall–Kier alpha value is -2.83. The molecule has 4 rings (SSSR count). The molecule has 1 aliphatic rings. The van der Waals surface area contributed by atoms with Gasteiger partial charge in [-0.25, -0.2) is 4.79 Å². The maximum absolute atomic E-state index is 12.6. The van der Waals surface area contributed by atoms with E-state index in [4.69, 9.17) is 4.98 Å². The molecule has 0 spiro atoms. The highest BCUT2D eigenvalue weighted by Crippen LogP contribution is 2.27. The van der Waals surface area contributed by atoms with Crippen LogP contribution in [0.4, 0.5) is 5.95 Å². The van der Waals surface area contributed by atoms with E-state index in [1.165, 1.54) is 11.0 Å². The van der Waals surface area contributed by atoms with Gasteiger partial charge in [-0.15, -0.1) is 0 Å². The van der Waals surface area contributed by atoms with Gasteiger partial charge >= 0.3 is 5.69 Å². The zero-order valence-corrected chi connectivity index (χ0v) is 15.1. The summed E-state index contributed by atoms with van der Waals surface area (Å²) in [5, 5.41) is 0. The van der Waals surface area contributed by atoms with Gasteiger partial charge in [0.15, 0.2) is 11.2 Å². The third kappa shape index (κ3) is 2.73. The Labute approximate surface area is 150 Å². The van der Waals surface area contributed by atoms with Crippen molar-refractivity contribution in [1.82, 2.24) is 19.1 Å². The largest absolute Gasteiger partial charge is 0.339 e. The molecule has 26 heavy (non-hydrogen) atoms. The minimum atomic E-state index is -0.440. The first-order chi connectivity index (χ1) is 12.6. The van der Waals surface area contributed by atoms with Gasteiger partial charge in [0.05, 0.1) is 6.54 Å². The van der Waals surface area contributed by atoms with Crippen LogP contribution in [0.5, 0.6) is 0 Å². The van der Waals surface area contributed by atoms with Crippen LogP contribution in [0.25, 0.3) is 11.2 Å². The highest BCUT2D eigenvalue weighted by Gasteiger charge is 2.26. The average Bonchev–Trinajstić information content (AvgIpc) is 3.01. The number of rotatable bonds is 3. The molecule has 1 N–H and O–H groups in total. The van der Waals surface area contributed by atoms with Crippen molar-refractivity contribution in [2.45, 2.75) is 38.8 Å². The molecular formula is C19H23N5O2. The Morgan fingerprint density at radius 2 is 1.96 bits per heavy atom. The second kappa shape index (κ2) is 6.48. The molecule has 1 unspecified atom stereocenters. The second-order valence-corrected chi connectivity index (χ2v) is 7.01. The van der Waals surface area contributed by atoms with Gasteiger partial charge in [-0.1, -0.05) is 30.3 Å². The number of aryl methyl sites for hydroxylation is 1. The number of piperidine rings is 1. The molecule has 1 aliphatic heterocycles. The molecule has 0 radical (unpaired) electrons. The van der Waals surface area contributed by atoms with Crippen molar-refractivity contribution in [3.05, 3.63) is 56.7 Å². The number of aromatic amines is 1. The summed E-state index contributed by atoms with van der Waals surface area (Å²) in [5.41, 5.74) is 1.14. The van der Waals surface area contributed by atoms with Crippen LogP contribution in [0.15, 0.2) is 39.9 Å². The maximum atomic E-state index is 12.6. The summed E-state index contributed by atoms with van der Waals surface area (Å²) in [6.07, 6.45) is 3.41. The zero-order chi connectivity index (χ0) is 18.3. The number of hydrogen-bond donors (Lipinski definition) is 1. The number of benzene rings is 1. The van der Waals surface area contributed by atoms with Gasteiger partial charge < -0.3 is 4.90 Å². The van der Waals surface area contributed by atoms with E-state index in [0.29, 0.717) is 23.8 Å². The second-order valence-electron chi connectivity index (χ2n) is 7.01. The molecule has 1 aromatic carbocycles. The number of nitrogens with one attached hydrogen (secondary N) is 1. The van der Waals surface area contributed by atoms with Gasteiger partial charge in [0.25, 0.3) is 5.56 Å². The average molecular weight is 353 g/mol. The molecule has 1 fully saturated rings. The van der Waals surface area contributed by atoms with Crippen LogP contribution in [0.2, 0.25) is 0 Å². The molecule has 136 valence electrons. The molecule has 3 heterocycles. The number of nitrogens with zero attached hydrogens (tertiary/aromatic N) is 4. The molecule has 0 aliphatic carbocycles. The van der Waals surface area contributed by atoms with E-state index in [-0.39, 0.29) is 5.56 Å². The van der Waals surface area contributed by atoms with Crippen LogP contribution in [0.1, 0.15) is 31.7 Å². The zero-order valence-electron chi connectivity index (χ0n) is 15.1. The third-order valence-corrected chi connectivity index (χ3v) is 5.23. The molecule has 0 amide bonds. The molecule has 3 aromatic rings. The summed E-state index contributed by atoms with van der Waals surface area (Å²) in [7, 11) is 1.64. The van der Waals surface area contributed by atoms with Crippen molar-refractivity contribution in [1.29, 1.82) is 0 Å². The Bertz CT molecular complexity index is 1050. The van der Waals surface area contributed by atoms with Crippen LogP contribution < -0.4 is 16.1 Å². The van der Waals surface area contributed by atoms with Crippen molar-refractivity contribution in [3.8, 4) is 0 Å². The van der Waals surface area contributed by atoms with Crippen molar-refractivity contribution in [2.24, 2.45) is 7.05 Å². The van der Waals surface area contributed by atoms with Crippen LogP contribution >= 0.6 is 0 Å². The van der Waals surface area contributed by atoms with Gasteiger partial charge in [0.1, 0.15) is 0 Å². The Morgan fingerprint density at radius 1 is 1.19 bits per heavy atom. The predicted octanol–water partition coefficient (Wildman–Crippen LogP) is 1.85. The van der Waals surface area contributed by atoms with Crippen LogP contribution in [0, 0.1) is 0 Å². The topological polar surface area (TPSA) is 75.9 Å². The smallest absolute Gasteiger partial charge is 0.329 e. The van der Waals surface area contributed by atoms with E-state index in [1.807, 2.05) is 34.9 Å². The minimum Gasteiger partial charge on any atom is -0.339 e. The van der Waals surface area contributed by atoms with E-state index in [2.05, 4.69) is 16.8 Å². The summed E-state index contributed by atoms with van der Waals surface area (Å²) in [6.45, 7) is 3.64. The molecule has 0 saturated carbocycles. The Balaban J connectivity index is 1.96. The summed E-state index contributed by atoms with van der Waals surface area (Å²) in [6, 6.07) is 10.4. The lowest BCUT2D eigenvalue weighted by atomic mass is 10.0. The van der Waals surface area contributed by atoms with E-state index < -0.39 is 5.69 Å². The van der Waals surface area contributed by atoms with E-state index in [0.717, 1.165) is 30.9 Å². The van der Waals surface area contributed by atoms with Gasteiger partial charge in [0.2, 0.25) is 5.95 Å². The quantitative estimate of drug-likeness (QED) is 0.780. The predicted molar refractivity (Wildman–Crippen MR) is 102 cm³/mol. The summed E-state index contributed by atoms with van der Waals surface area (Å²) >= 11 is 0. The molecule has 1 saturated heterocycles. The Morgan fingerprint density at radius 3 is 2.69 bits per heavy atom. The summed E-state index contributed by atoms with van der Waals surface area (Å²) in [5.74, 6) is 0.766. The normalized spacial score (nSPS) is 17.8. The summed E-state index contributed by atoms with van der Waals surface area (Å²) in [4.78, 5) is 34.0. The lowest BCUT2D eigenvalue weighted by Gasteiger charge is -2.34. The molecule has 0 bridgehead atoms. The van der Waals surface area contributed by atoms with Gasteiger partial charge in [-0.2, -0.15) is 4.98 Å². The lowest BCUT2D eigenvalue weighted by Crippen LogP contribution is -2.39. The van der Waals surface area contributed by atoms with Crippen molar-refractivity contribution >= 4 is 17.1 Å². The standard InChI is InChI=1S/C19H23N5O2/c1-13-8-6-7-11-23(13)18-20-16-15(17(25)21-19(26)22(16)2)24(18)12-14-9-4-3-5-10-14/h3-5,9-10,13H,6-8,11-12H2,1-2H3,(H,21,25,26). The van der Waals surface area contributed by atoms with E-state index >= 15 is 0 Å². The minimum absolute atomic E-state index is 0.353. The number of imidazole rings is 1. The molecule has 1 atom stereocenters. The van der Waals surface area contributed by atoms with Crippen LogP contribution in [-0.2, 0) is 13.6 Å². The van der Waals surface area contributed by atoms with Gasteiger partial charge in [-0.3, -0.25) is 18.9 Å². The SMILES string of the molecule is CC1CCCCN1c1nc2c(c(=O)[nH]c(=O)n2C)n1Cc1ccccc1. The monoisotopic (exact) mass is 353 g/mol. The van der Waals surface area contributed by atoms with E-state index in [9.17, 15) is 9.59 Å². The van der Waals surface area contributed by atoms with Crippen molar-refractivity contribution in [2.75, 3.05) is 11.4 Å². The summed E-state index contributed by atoms with van der Waals surface area (Å²) < 4.78 is 3.36.